The van der Waals surface area contributed by atoms with Gasteiger partial charge in [-0.15, -0.1) is 0 Å². The van der Waals surface area contributed by atoms with Gasteiger partial charge in [-0.3, -0.25) is 9.59 Å². The standard InChI is InChI=1S/C21H22N4O3/c1-13-11-17(20(27)25(13)15-7-5-4-6-8-15)22-19(26)14-9-10-18-16(12-14)23-21(28-18)24(2)3/h4-10,12-13,17H,11H2,1-3H3,(H,22,26). The summed E-state index contributed by atoms with van der Waals surface area (Å²) in [6, 6.07) is 14.5. The van der Waals surface area contributed by atoms with E-state index in [2.05, 4.69) is 10.3 Å². The van der Waals surface area contributed by atoms with Crippen LogP contribution >= 0.6 is 0 Å². The number of fused-ring (bicyclic) bond motifs is 1. The van der Waals surface area contributed by atoms with Gasteiger partial charge in [0, 0.05) is 31.4 Å². The number of hydrogen-bond donors (Lipinski definition) is 1. The highest BCUT2D eigenvalue weighted by Gasteiger charge is 2.38. The number of para-hydroxylation sites is 1. The van der Waals surface area contributed by atoms with E-state index >= 15 is 0 Å². The molecule has 2 aromatic carbocycles. The number of nitrogens with one attached hydrogen (secondary N) is 1. The molecular weight excluding hydrogens is 356 g/mol. The van der Waals surface area contributed by atoms with Crippen molar-refractivity contribution in [2.75, 3.05) is 23.9 Å². The van der Waals surface area contributed by atoms with E-state index in [-0.39, 0.29) is 17.9 Å². The third-order valence-electron chi connectivity index (χ3n) is 4.91. The van der Waals surface area contributed by atoms with E-state index in [1.807, 2.05) is 51.4 Å². The molecule has 7 nitrogen and oxygen atoms in total. The summed E-state index contributed by atoms with van der Waals surface area (Å²) in [6.07, 6.45) is 0.566. The Morgan fingerprint density at radius 1 is 1.21 bits per heavy atom. The Balaban J connectivity index is 1.52. The van der Waals surface area contributed by atoms with Crippen molar-refractivity contribution in [3.8, 4) is 0 Å². The van der Waals surface area contributed by atoms with Gasteiger partial charge in [-0.05, 0) is 43.7 Å². The highest BCUT2D eigenvalue weighted by Crippen LogP contribution is 2.27. The molecule has 3 aromatic rings. The molecule has 2 unspecified atom stereocenters. The summed E-state index contributed by atoms with van der Waals surface area (Å²) in [4.78, 5) is 33.5. The van der Waals surface area contributed by atoms with Gasteiger partial charge in [0.15, 0.2) is 5.58 Å². The Hall–Kier alpha value is -3.35. The molecule has 144 valence electrons. The number of anilines is 2. The molecule has 2 atom stereocenters. The zero-order valence-corrected chi connectivity index (χ0v) is 16.0. The first-order valence-electron chi connectivity index (χ1n) is 9.21. The highest BCUT2D eigenvalue weighted by atomic mass is 16.4. The first kappa shape index (κ1) is 18.0. The summed E-state index contributed by atoms with van der Waals surface area (Å²) in [7, 11) is 3.67. The second-order valence-corrected chi connectivity index (χ2v) is 7.23. The number of hydrogen-bond acceptors (Lipinski definition) is 5. The van der Waals surface area contributed by atoms with Gasteiger partial charge in [0.25, 0.3) is 11.9 Å². The predicted molar refractivity (Wildman–Crippen MR) is 108 cm³/mol. The van der Waals surface area contributed by atoms with Gasteiger partial charge in [-0.1, -0.05) is 18.2 Å². The third-order valence-corrected chi connectivity index (χ3v) is 4.91. The molecule has 1 aliphatic rings. The lowest BCUT2D eigenvalue weighted by Gasteiger charge is -2.21. The molecule has 2 heterocycles. The van der Waals surface area contributed by atoms with Crippen LogP contribution in [0.2, 0.25) is 0 Å². The minimum absolute atomic E-state index is 0.0147. The number of carbonyl (C=O) groups is 2. The van der Waals surface area contributed by atoms with Crippen LogP contribution in [0.4, 0.5) is 11.7 Å². The summed E-state index contributed by atoms with van der Waals surface area (Å²) in [5, 5.41) is 2.87. The molecule has 1 saturated heterocycles. The van der Waals surface area contributed by atoms with Crippen molar-refractivity contribution in [1.82, 2.24) is 10.3 Å². The number of aromatic nitrogens is 1. The van der Waals surface area contributed by atoms with E-state index in [0.717, 1.165) is 5.69 Å². The maximum atomic E-state index is 12.9. The molecule has 0 aliphatic carbocycles. The van der Waals surface area contributed by atoms with E-state index in [9.17, 15) is 9.59 Å². The van der Waals surface area contributed by atoms with Crippen LogP contribution in [0.3, 0.4) is 0 Å². The van der Waals surface area contributed by atoms with Gasteiger partial charge in [0.1, 0.15) is 11.6 Å². The van der Waals surface area contributed by atoms with Crippen molar-refractivity contribution >= 4 is 34.6 Å². The van der Waals surface area contributed by atoms with Gasteiger partial charge in [0.05, 0.1) is 0 Å². The molecule has 0 saturated carbocycles. The average Bonchev–Trinajstić information content (AvgIpc) is 3.23. The van der Waals surface area contributed by atoms with Crippen LogP contribution < -0.4 is 15.1 Å². The number of benzene rings is 2. The van der Waals surface area contributed by atoms with E-state index in [4.69, 9.17) is 4.42 Å². The zero-order valence-electron chi connectivity index (χ0n) is 16.0. The topological polar surface area (TPSA) is 78.7 Å². The second kappa shape index (κ2) is 6.99. The zero-order chi connectivity index (χ0) is 19.8. The summed E-state index contributed by atoms with van der Waals surface area (Å²) in [5.41, 5.74) is 2.51. The number of nitrogens with zero attached hydrogens (tertiary/aromatic N) is 3. The van der Waals surface area contributed by atoms with Crippen LogP contribution in [0.5, 0.6) is 0 Å². The molecule has 7 heteroatoms. The van der Waals surface area contributed by atoms with Crippen molar-refractivity contribution in [2.45, 2.75) is 25.4 Å². The van der Waals surface area contributed by atoms with Crippen LogP contribution in [0, 0.1) is 0 Å². The van der Waals surface area contributed by atoms with Crippen LogP contribution in [-0.4, -0.2) is 43.0 Å². The normalized spacial score (nSPS) is 19.2. The fourth-order valence-corrected chi connectivity index (χ4v) is 3.51. The maximum absolute atomic E-state index is 12.9. The maximum Gasteiger partial charge on any atom is 0.297 e. The quantitative estimate of drug-likeness (QED) is 0.755. The summed E-state index contributed by atoms with van der Waals surface area (Å²) >= 11 is 0. The highest BCUT2D eigenvalue weighted by molar-refractivity contribution is 6.05. The monoisotopic (exact) mass is 378 g/mol. The van der Waals surface area contributed by atoms with Crippen LogP contribution in [0.1, 0.15) is 23.7 Å². The van der Waals surface area contributed by atoms with Crippen LogP contribution in [0.25, 0.3) is 11.1 Å². The first-order chi connectivity index (χ1) is 13.4. The van der Waals surface area contributed by atoms with E-state index in [1.165, 1.54) is 0 Å². The lowest BCUT2D eigenvalue weighted by Crippen LogP contribution is -2.41. The fraction of sp³-hybridized carbons (Fsp3) is 0.286. The molecule has 1 N–H and O–H groups in total. The minimum atomic E-state index is -0.548. The number of amides is 2. The van der Waals surface area contributed by atoms with Crippen molar-refractivity contribution < 1.29 is 14.0 Å². The number of rotatable bonds is 4. The molecular formula is C21H22N4O3. The Labute approximate surface area is 162 Å². The van der Waals surface area contributed by atoms with Crippen molar-refractivity contribution in [3.63, 3.8) is 0 Å². The van der Waals surface area contributed by atoms with Gasteiger partial charge in [-0.25, -0.2) is 0 Å². The lowest BCUT2D eigenvalue weighted by atomic mass is 10.1. The summed E-state index contributed by atoms with van der Waals surface area (Å²) < 4.78 is 5.61. The van der Waals surface area contributed by atoms with E-state index in [1.54, 1.807) is 28.0 Å². The Morgan fingerprint density at radius 2 is 1.96 bits per heavy atom. The lowest BCUT2D eigenvalue weighted by molar-refractivity contribution is -0.118. The third kappa shape index (κ3) is 3.19. The fourth-order valence-electron chi connectivity index (χ4n) is 3.51. The summed E-state index contributed by atoms with van der Waals surface area (Å²) in [6.45, 7) is 1.99. The average molecular weight is 378 g/mol. The molecule has 0 bridgehead atoms. The Morgan fingerprint density at radius 3 is 2.68 bits per heavy atom. The largest absolute Gasteiger partial charge is 0.423 e. The van der Waals surface area contributed by atoms with Crippen LogP contribution in [0.15, 0.2) is 52.9 Å². The van der Waals surface area contributed by atoms with Crippen molar-refractivity contribution in [1.29, 1.82) is 0 Å². The summed E-state index contributed by atoms with van der Waals surface area (Å²) in [5.74, 6) is -0.388. The predicted octanol–water partition coefficient (Wildman–Crippen LogP) is 2.82. The number of carbonyl (C=O) groups excluding carboxylic acids is 2. The van der Waals surface area contributed by atoms with Gasteiger partial charge >= 0.3 is 0 Å². The van der Waals surface area contributed by atoms with E-state index < -0.39 is 6.04 Å². The molecule has 28 heavy (non-hydrogen) atoms. The molecule has 0 radical (unpaired) electrons. The van der Waals surface area contributed by atoms with Gasteiger partial charge in [0.2, 0.25) is 5.91 Å². The number of oxazole rings is 1. The molecule has 4 rings (SSSR count). The minimum Gasteiger partial charge on any atom is -0.423 e. The smallest absolute Gasteiger partial charge is 0.297 e. The van der Waals surface area contributed by atoms with Crippen molar-refractivity contribution in [3.05, 3.63) is 54.1 Å². The van der Waals surface area contributed by atoms with Crippen molar-refractivity contribution in [2.24, 2.45) is 0 Å². The van der Waals surface area contributed by atoms with Gasteiger partial charge in [-0.2, -0.15) is 4.98 Å². The van der Waals surface area contributed by atoms with E-state index in [0.29, 0.717) is 29.1 Å². The first-order valence-corrected chi connectivity index (χ1v) is 9.21. The molecule has 0 spiro atoms. The molecule has 1 aliphatic heterocycles. The molecule has 2 amide bonds. The Kier molecular flexibility index (Phi) is 4.50. The van der Waals surface area contributed by atoms with Gasteiger partial charge < -0.3 is 19.5 Å². The second-order valence-electron chi connectivity index (χ2n) is 7.23. The molecule has 1 aromatic heterocycles. The van der Waals surface area contributed by atoms with Crippen LogP contribution in [-0.2, 0) is 4.79 Å². The molecule has 1 fully saturated rings. The Bertz CT molecular complexity index is 1030. The SMILES string of the molecule is CC1CC(NC(=O)c2ccc3oc(N(C)C)nc3c2)C(=O)N1c1ccccc1.